The second-order valence-electron chi connectivity index (χ2n) is 9.69. The van der Waals surface area contributed by atoms with E-state index in [9.17, 15) is 9.59 Å². The fourth-order valence-electron chi connectivity index (χ4n) is 4.49. The molecule has 0 spiro atoms. The van der Waals surface area contributed by atoms with Gasteiger partial charge < -0.3 is 14.1 Å². The van der Waals surface area contributed by atoms with Gasteiger partial charge in [-0.3, -0.25) is 14.5 Å². The Kier molecular flexibility index (Phi) is 8.03. The first kappa shape index (κ1) is 25.1. The Bertz CT molecular complexity index is 1060. The fourth-order valence-corrected chi connectivity index (χ4v) is 4.49. The van der Waals surface area contributed by atoms with Crippen LogP contribution in [-0.4, -0.2) is 78.3 Å². The lowest BCUT2D eigenvalue weighted by Gasteiger charge is -2.31. The van der Waals surface area contributed by atoms with Crippen LogP contribution in [0, 0.1) is 19.8 Å². The molecule has 8 heteroatoms. The summed E-state index contributed by atoms with van der Waals surface area (Å²) in [7, 11) is 0. The first-order valence-electron chi connectivity index (χ1n) is 12.4. The Morgan fingerprint density at radius 3 is 2.57 bits per heavy atom. The minimum absolute atomic E-state index is 0.0116. The van der Waals surface area contributed by atoms with E-state index in [4.69, 9.17) is 14.3 Å². The van der Waals surface area contributed by atoms with Gasteiger partial charge in [-0.15, -0.1) is 0 Å². The van der Waals surface area contributed by atoms with E-state index in [1.54, 1.807) is 11.2 Å². The van der Waals surface area contributed by atoms with Crippen molar-refractivity contribution in [2.45, 2.75) is 40.2 Å². The minimum atomic E-state index is -0.329. The Labute approximate surface area is 207 Å². The van der Waals surface area contributed by atoms with Gasteiger partial charge in [0.15, 0.2) is 0 Å². The topological polar surface area (TPSA) is 78.6 Å². The van der Waals surface area contributed by atoms with Crippen LogP contribution in [0.5, 0.6) is 0 Å². The van der Waals surface area contributed by atoms with Gasteiger partial charge in [-0.05, 0) is 48.7 Å². The number of benzene rings is 1. The van der Waals surface area contributed by atoms with Gasteiger partial charge in [0.1, 0.15) is 18.3 Å². The van der Waals surface area contributed by atoms with E-state index < -0.39 is 0 Å². The van der Waals surface area contributed by atoms with E-state index in [0.29, 0.717) is 38.5 Å². The van der Waals surface area contributed by atoms with Gasteiger partial charge in [0.05, 0.1) is 25.2 Å². The third-order valence-electron chi connectivity index (χ3n) is 6.80. The molecule has 1 fully saturated rings. The zero-order chi connectivity index (χ0) is 24.9. The van der Waals surface area contributed by atoms with Crippen molar-refractivity contribution in [1.82, 2.24) is 14.8 Å². The molecule has 2 aliphatic rings. The maximum Gasteiger partial charge on any atom is 0.262 e. The number of aryl methyl sites for hydroxylation is 2. The van der Waals surface area contributed by atoms with E-state index in [2.05, 4.69) is 30.9 Å². The quantitative estimate of drug-likeness (QED) is 0.579. The number of hydrazone groups is 1. The highest BCUT2D eigenvalue weighted by Crippen LogP contribution is 2.33. The van der Waals surface area contributed by atoms with Crippen molar-refractivity contribution in [1.29, 1.82) is 0 Å². The molecule has 1 unspecified atom stereocenters. The van der Waals surface area contributed by atoms with Gasteiger partial charge in [0, 0.05) is 38.5 Å². The summed E-state index contributed by atoms with van der Waals surface area (Å²) in [6.07, 6.45) is 2.18. The molecule has 1 atom stereocenters. The lowest BCUT2D eigenvalue weighted by Crippen LogP contribution is -2.47. The lowest BCUT2D eigenvalue weighted by molar-refractivity contribution is -0.143. The third kappa shape index (κ3) is 6.00. The van der Waals surface area contributed by atoms with E-state index in [1.807, 2.05) is 32.0 Å². The zero-order valence-electron chi connectivity index (χ0n) is 21.2. The molecule has 35 heavy (non-hydrogen) atoms. The first-order valence-corrected chi connectivity index (χ1v) is 12.4. The molecule has 1 saturated heterocycles. The summed E-state index contributed by atoms with van der Waals surface area (Å²) in [6, 6.07) is 9.60. The molecule has 1 aromatic heterocycles. The highest BCUT2D eigenvalue weighted by Gasteiger charge is 2.36. The molecule has 0 saturated carbocycles. The minimum Gasteiger partial charge on any atom is -0.467 e. The first-order chi connectivity index (χ1) is 16.8. The molecular weight excluding hydrogens is 444 g/mol. The molecule has 188 valence electrons. The summed E-state index contributed by atoms with van der Waals surface area (Å²) in [5.41, 5.74) is 4.24. The average Bonchev–Trinajstić information content (AvgIpc) is 3.54. The van der Waals surface area contributed by atoms with Crippen LogP contribution in [0.25, 0.3) is 0 Å². The van der Waals surface area contributed by atoms with Gasteiger partial charge in [0.25, 0.3) is 5.91 Å². The Morgan fingerprint density at radius 2 is 1.91 bits per heavy atom. The summed E-state index contributed by atoms with van der Waals surface area (Å²) in [4.78, 5) is 30.5. The van der Waals surface area contributed by atoms with Crippen LogP contribution in [0.15, 0.2) is 46.1 Å². The van der Waals surface area contributed by atoms with Crippen LogP contribution in [-0.2, 0) is 14.3 Å². The molecule has 3 heterocycles. The van der Waals surface area contributed by atoms with Crippen molar-refractivity contribution in [3.63, 3.8) is 0 Å². The average molecular weight is 481 g/mol. The molecule has 0 aliphatic carbocycles. The smallest absolute Gasteiger partial charge is 0.262 e. The predicted octanol–water partition coefficient (Wildman–Crippen LogP) is 3.39. The maximum absolute atomic E-state index is 13.6. The van der Waals surface area contributed by atoms with E-state index in [0.717, 1.165) is 24.4 Å². The third-order valence-corrected chi connectivity index (χ3v) is 6.80. The van der Waals surface area contributed by atoms with Gasteiger partial charge >= 0.3 is 0 Å². The Balaban J connectivity index is 1.54. The van der Waals surface area contributed by atoms with Crippen LogP contribution >= 0.6 is 0 Å². The number of carbonyl (C=O) groups is 2. The normalized spacial score (nSPS) is 18.7. The SMILES string of the molecule is Cc1ccc(C2=NN(C(=O)CN(CCN3CCOCC3)C(=O)C(C)C)C(c3ccco3)C2)cc1C. The summed E-state index contributed by atoms with van der Waals surface area (Å²) >= 11 is 0. The maximum atomic E-state index is 13.6. The number of hydrogen-bond acceptors (Lipinski definition) is 6. The molecule has 4 rings (SSSR count). The van der Waals surface area contributed by atoms with Gasteiger partial charge in [-0.1, -0.05) is 26.0 Å². The molecule has 8 nitrogen and oxygen atoms in total. The van der Waals surface area contributed by atoms with Crippen molar-refractivity contribution in [3.8, 4) is 0 Å². The van der Waals surface area contributed by atoms with Gasteiger partial charge in [-0.25, -0.2) is 5.01 Å². The summed E-state index contributed by atoms with van der Waals surface area (Å²) in [5.74, 6) is 0.262. The monoisotopic (exact) mass is 480 g/mol. The predicted molar refractivity (Wildman–Crippen MR) is 134 cm³/mol. The number of carbonyl (C=O) groups excluding carboxylic acids is 2. The van der Waals surface area contributed by atoms with Crippen molar-refractivity contribution >= 4 is 17.5 Å². The number of rotatable bonds is 8. The molecule has 0 N–H and O–H groups in total. The molecule has 1 aromatic carbocycles. The number of furan rings is 1. The van der Waals surface area contributed by atoms with Crippen LogP contribution in [0.4, 0.5) is 0 Å². The second kappa shape index (κ2) is 11.2. The highest BCUT2D eigenvalue weighted by atomic mass is 16.5. The number of amides is 2. The van der Waals surface area contributed by atoms with Gasteiger partial charge in [0.2, 0.25) is 5.91 Å². The van der Waals surface area contributed by atoms with Crippen molar-refractivity contribution in [3.05, 3.63) is 59.0 Å². The van der Waals surface area contributed by atoms with Crippen LogP contribution in [0.3, 0.4) is 0 Å². The molecule has 0 radical (unpaired) electrons. The van der Waals surface area contributed by atoms with Gasteiger partial charge in [-0.2, -0.15) is 5.10 Å². The number of hydrogen-bond donors (Lipinski definition) is 0. The lowest BCUT2D eigenvalue weighted by atomic mass is 9.99. The summed E-state index contributed by atoms with van der Waals surface area (Å²) in [6.45, 7) is 12.2. The summed E-state index contributed by atoms with van der Waals surface area (Å²) < 4.78 is 11.1. The van der Waals surface area contributed by atoms with E-state index in [1.165, 1.54) is 16.1 Å². The van der Waals surface area contributed by atoms with E-state index in [-0.39, 0.29) is 30.3 Å². The molecule has 2 amide bonds. The van der Waals surface area contributed by atoms with Crippen LogP contribution in [0.1, 0.15) is 48.8 Å². The summed E-state index contributed by atoms with van der Waals surface area (Å²) in [5, 5.41) is 6.26. The zero-order valence-corrected chi connectivity index (χ0v) is 21.2. The van der Waals surface area contributed by atoms with Crippen molar-refractivity contribution in [2.75, 3.05) is 45.9 Å². The highest BCUT2D eigenvalue weighted by molar-refractivity contribution is 6.03. The number of ether oxygens (including phenoxy) is 1. The largest absolute Gasteiger partial charge is 0.467 e. The Hall–Kier alpha value is -2.97. The van der Waals surface area contributed by atoms with Crippen molar-refractivity contribution < 1.29 is 18.7 Å². The van der Waals surface area contributed by atoms with Crippen molar-refractivity contribution in [2.24, 2.45) is 11.0 Å². The molecular formula is C27H36N4O4. The molecule has 2 aliphatic heterocycles. The molecule has 0 bridgehead atoms. The molecule has 2 aromatic rings. The fraction of sp³-hybridized carbons (Fsp3) is 0.519. The van der Waals surface area contributed by atoms with E-state index >= 15 is 0 Å². The number of morpholine rings is 1. The Morgan fingerprint density at radius 1 is 1.14 bits per heavy atom. The number of nitrogens with zero attached hydrogens (tertiary/aromatic N) is 4. The van der Waals surface area contributed by atoms with Crippen LogP contribution in [0.2, 0.25) is 0 Å². The second-order valence-corrected chi connectivity index (χ2v) is 9.69. The van der Waals surface area contributed by atoms with Crippen LogP contribution < -0.4 is 0 Å². The standard InChI is InChI=1S/C27H36N4O4/c1-19(2)27(33)30(10-9-29-11-14-34-15-12-29)18-26(32)31-24(25-6-5-13-35-25)17-23(28-31)22-8-7-20(3)21(4)16-22/h5-8,13,16,19,24H,9-12,14-15,17-18H2,1-4H3.